The van der Waals surface area contributed by atoms with Crippen molar-refractivity contribution in [1.82, 2.24) is 15.8 Å². The molecule has 3 amide bonds. The summed E-state index contributed by atoms with van der Waals surface area (Å²) in [6.07, 6.45) is 3.20. The number of carbonyl (C=O) groups is 3. The Hall–Kier alpha value is -2.44. The highest BCUT2D eigenvalue weighted by Crippen LogP contribution is 2.05. The summed E-state index contributed by atoms with van der Waals surface area (Å²) in [6.45, 7) is 1.73. The molecule has 0 spiro atoms. The average Bonchev–Trinajstić information content (AvgIpc) is 2.36. The summed E-state index contributed by atoms with van der Waals surface area (Å²) in [4.78, 5) is 37.5. The monoisotopic (exact) mass is 264 g/mol. The van der Waals surface area contributed by atoms with Gasteiger partial charge in [-0.2, -0.15) is 0 Å². The van der Waals surface area contributed by atoms with E-state index in [1.165, 1.54) is 24.5 Å². The van der Waals surface area contributed by atoms with Crippen LogP contribution >= 0.6 is 0 Å². The summed E-state index contributed by atoms with van der Waals surface area (Å²) in [6, 6.07) is 3.05. The number of hydrazine groups is 1. The molecule has 1 aromatic heterocycles. The number of pyridine rings is 1. The first kappa shape index (κ1) is 14.6. The van der Waals surface area contributed by atoms with E-state index < -0.39 is 11.8 Å². The Morgan fingerprint density at radius 2 is 1.84 bits per heavy atom. The van der Waals surface area contributed by atoms with Crippen LogP contribution in [0.2, 0.25) is 0 Å². The third kappa shape index (κ3) is 5.62. The maximum Gasteiger partial charge on any atom is 0.269 e. The van der Waals surface area contributed by atoms with E-state index in [0.717, 1.165) is 0 Å². The van der Waals surface area contributed by atoms with Crippen molar-refractivity contribution in [3.05, 3.63) is 30.1 Å². The van der Waals surface area contributed by atoms with Crippen molar-refractivity contribution >= 4 is 17.7 Å². The molecule has 1 heterocycles. The van der Waals surface area contributed by atoms with Crippen molar-refractivity contribution in [1.29, 1.82) is 0 Å². The number of hydrogen-bond acceptors (Lipinski definition) is 4. The van der Waals surface area contributed by atoms with Crippen LogP contribution < -0.4 is 16.6 Å². The van der Waals surface area contributed by atoms with Gasteiger partial charge in [-0.1, -0.05) is 6.92 Å². The van der Waals surface area contributed by atoms with Crippen LogP contribution in [-0.4, -0.2) is 22.7 Å². The van der Waals surface area contributed by atoms with Gasteiger partial charge in [-0.05, 0) is 18.1 Å². The van der Waals surface area contributed by atoms with Crippen LogP contribution in [-0.2, 0) is 9.59 Å². The molecule has 0 radical (unpaired) electrons. The highest BCUT2D eigenvalue weighted by molar-refractivity contribution is 5.95. The third-order valence-corrected chi connectivity index (χ3v) is 2.34. The Labute approximate surface area is 110 Å². The SMILES string of the molecule is C[C@H](CC(N)=O)CC(=O)NNC(=O)c1ccncc1. The molecule has 0 aliphatic heterocycles. The van der Waals surface area contributed by atoms with Gasteiger partial charge in [-0.15, -0.1) is 0 Å². The molecule has 4 N–H and O–H groups in total. The van der Waals surface area contributed by atoms with Crippen LogP contribution in [0.25, 0.3) is 0 Å². The molecule has 7 nitrogen and oxygen atoms in total. The number of amides is 3. The van der Waals surface area contributed by atoms with Crippen LogP contribution in [0, 0.1) is 5.92 Å². The molecule has 0 bridgehead atoms. The molecule has 0 saturated heterocycles. The first-order valence-corrected chi connectivity index (χ1v) is 5.76. The van der Waals surface area contributed by atoms with E-state index in [1.807, 2.05) is 0 Å². The normalized spacial score (nSPS) is 11.4. The number of nitrogens with two attached hydrogens (primary N) is 1. The van der Waals surface area contributed by atoms with Crippen molar-refractivity contribution in [3.8, 4) is 0 Å². The lowest BCUT2D eigenvalue weighted by Gasteiger charge is -2.10. The van der Waals surface area contributed by atoms with E-state index in [1.54, 1.807) is 6.92 Å². The number of aromatic nitrogens is 1. The number of hydrogen-bond donors (Lipinski definition) is 3. The predicted molar refractivity (Wildman–Crippen MR) is 67.4 cm³/mol. The van der Waals surface area contributed by atoms with Gasteiger partial charge < -0.3 is 5.73 Å². The minimum Gasteiger partial charge on any atom is -0.370 e. The molecular formula is C12H16N4O3. The summed E-state index contributed by atoms with van der Waals surface area (Å²) >= 11 is 0. The van der Waals surface area contributed by atoms with Gasteiger partial charge in [0.2, 0.25) is 11.8 Å². The van der Waals surface area contributed by atoms with E-state index in [4.69, 9.17) is 5.73 Å². The molecule has 7 heteroatoms. The molecule has 1 atom stereocenters. The van der Waals surface area contributed by atoms with Gasteiger partial charge in [0.25, 0.3) is 5.91 Å². The van der Waals surface area contributed by atoms with Gasteiger partial charge in [0, 0.05) is 30.8 Å². The lowest BCUT2D eigenvalue weighted by molar-refractivity contribution is -0.123. The highest BCUT2D eigenvalue weighted by atomic mass is 16.2. The topological polar surface area (TPSA) is 114 Å². The number of nitrogens with zero attached hydrogens (tertiary/aromatic N) is 1. The van der Waals surface area contributed by atoms with Crippen LogP contribution in [0.4, 0.5) is 0 Å². The van der Waals surface area contributed by atoms with Gasteiger partial charge in [0.15, 0.2) is 0 Å². The molecule has 0 fully saturated rings. The lowest BCUT2D eigenvalue weighted by Crippen LogP contribution is -2.42. The molecule has 0 aliphatic rings. The largest absolute Gasteiger partial charge is 0.370 e. The van der Waals surface area contributed by atoms with Gasteiger partial charge >= 0.3 is 0 Å². The first-order valence-electron chi connectivity index (χ1n) is 5.76. The fourth-order valence-electron chi connectivity index (χ4n) is 1.49. The molecule has 1 aromatic rings. The zero-order valence-corrected chi connectivity index (χ0v) is 10.6. The van der Waals surface area contributed by atoms with Gasteiger partial charge in [-0.3, -0.25) is 30.2 Å². The molecule has 0 aliphatic carbocycles. The minimum absolute atomic E-state index is 0.111. The maximum absolute atomic E-state index is 11.6. The highest BCUT2D eigenvalue weighted by Gasteiger charge is 2.12. The van der Waals surface area contributed by atoms with Crippen molar-refractivity contribution in [2.45, 2.75) is 19.8 Å². The van der Waals surface area contributed by atoms with Gasteiger partial charge in [-0.25, -0.2) is 0 Å². The van der Waals surface area contributed by atoms with E-state index >= 15 is 0 Å². The standard InChI is InChI=1S/C12H16N4O3/c1-8(6-10(13)17)7-11(18)15-16-12(19)9-2-4-14-5-3-9/h2-5,8H,6-7H2,1H3,(H2,13,17)(H,15,18)(H,16,19)/t8-/m1/s1. The second-order valence-corrected chi connectivity index (χ2v) is 4.22. The number of carbonyl (C=O) groups excluding carboxylic acids is 3. The van der Waals surface area contributed by atoms with Crippen LogP contribution in [0.5, 0.6) is 0 Å². The zero-order chi connectivity index (χ0) is 14.3. The Balaban J connectivity index is 2.34. The van der Waals surface area contributed by atoms with E-state index in [-0.39, 0.29) is 24.7 Å². The van der Waals surface area contributed by atoms with E-state index in [2.05, 4.69) is 15.8 Å². The lowest BCUT2D eigenvalue weighted by atomic mass is 10.0. The third-order valence-electron chi connectivity index (χ3n) is 2.34. The smallest absolute Gasteiger partial charge is 0.269 e. The molecule has 19 heavy (non-hydrogen) atoms. The van der Waals surface area contributed by atoms with E-state index in [9.17, 15) is 14.4 Å². The Bertz CT molecular complexity index is 461. The van der Waals surface area contributed by atoms with Crippen molar-refractivity contribution in [2.75, 3.05) is 0 Å². The Morgan fingerprint density at radius 1 is 1.21 bits per heavy atom. The maximum atomic E-state index is 11.6. The zero-order valence-electron chi connectivity index (χ0n) is 10.6. The van der Waals surface area contributed by atoms with E-state index in [0.29, 0.717) is 5.56 Å². The average molecular weight is 264 g/mol. The molecule has 102 valence electrons. The van der Waals surface area contributed by atoms with Crippen LogP contribution in [0.15, 0.2) is 24.5 Å². The molecule has 0 aromatic carbocycles. The fraction of sp³-hybridized carbons (Fsp3) is 0.333. The quantitative estimate of drug-likeness (QED) is 0.636. The molecule has 0 unspecified atom stereocenters. The number of nitrogens with one attached hydrogen (secondary N) is 2. The van der Waals surface area contributed by atoms with Crippen molar-refractivity contribution < 1.29 is 14.4 Å². The summed E-state index contributed by atoms with van der Waals surface area (Å²) in [5.41, 5.74) is 9.96. The summed E-state index contributed by atoms with van der Waals surface area (Å²) in [5, 5.41) is 0. The second kappa shape index (κ2) is 7.10. The predicted octanol–water partition coefficient (Wildman–Crippen LogP) is -0.256. The van der Waals surface area contributed by atoms with Crippen molar-refractivity contribution in [3.63, 3.8) is 0 Å². The Morgan fingerprint density at radius 3 is 2.42 bits per heavy atom. The summed E-state index contributed by atoms with van der Waals surface area (Å²) in [7, 11) is 0. The minimum atomic E-state index is -0.457. The van der Waals surface area contributed by atoms with Crippen molar-refractivity contribution in [2.24, 2.45) is 11.7 Å². The number of primary amides is 1. The fourth-order valence-corrected chi connectivity index (χ4v) is 1.49. The molecular weight excluding hydrogens is 248 g/mol. The second-order valence-electron chi connectivity index (χ2n) is 4.22. The molecule has 1 rings (SSSR count). The summed E-state index contributed by atoms with van der Waals surface area (Å²) in [5.74, 6) is -1.44. The van der Waals surface area contributed by atoms with Gasteiger partial charge in [0.05, 0.1) is 0 Å². The Kier molecular flexibility index (Phi) is 5.46. The van der Waals surface area contributed by atoms with Crippen LogP contribution in [0.3, 0.4) is 0 Å². The van der Waals surface area contributed by atoms with Gasteiger partial charge in [0.1, 0.15) is 0 Å². The van der Waals surface area contributed by atoms with Crippen LogP contribution in [0.1, 0.15) is 30.1 Å². The number of rotatable bonds is 5. The first-order chi connectivity index (χ1) is 8.99. The molecule has 0 saturated carbocycles. The summed E-state index contributed by atoms with van der Waals surface area (Å²) < 4.78 is 0.